The zero-order chi connectivity index (χ0) is 13.2. The summed E-state index contributed by atoms with van der Waals surface area (Å²) in [5, 5.41) is 12.9. The molecule has 1 aromatic heterocycles. The first-order valence-corrected chi connectivity index (χ1v) is 6.45. The highest BCUT2D eigenvalue weighted by molar-refractivity contribution is 5.94. The van der Waals surface area contributed by atoms with Crippen LogP contribution in [0.4, 0.5) is 0 Å². The number of rotatable bonds is 2. The Kier molecular flexibility index (Phi) is 3.09. The van der Waals surface area contributed by atoms with Crippen LogP contribution in [0.5, 0.6) is 0 Å². The summed E-state index contributed by atoms with van der Waals surface area (Å²) in [5.41, 5.74) is 2.44. The fourth-order valence-corrected chi connectivity index (χ4v) is 2.49. The highest BCUT2D eigenvalue weighted by Crippen LogP contribution is 2.25. The van der Waals surface area contributed by atoms with E-state index in [1.807, 2.05) is 47.2 Å². The van der Waals surface area contributed by atoms with Gasteiger partial charge in [-0.3, -0.25) is 4.79 Å². The van der Waals surface area contributed by atoms with Crippen molar-refractivity contribution in [2.45, 2.75) is 19.1 Å². The van der Waals surface area contributed by atoms with Crippen LogP contribution in [0, 0.1) is 0 Å². The van der Waals surface area contributed by atoms with Crippen molar-refractivity contribution >= 4 is 5.91 Å². The predicted octanol–water partition coefficient (Wildman–Crippen LogP) is 1.70. The summed E-state index contributed by atoms with van der Waals surface area (Å²) in [6, 6.07) is 11.8. The van der Waals surface area contributed by atoms with E-state index in [2.05, 4.69) is 5.32 Å². The van der Waals surface area contributed by atoms with E-state index in [4.69, 9.17) is 0 Å². The van der Waals surface area contributed by atoms with Gasteiger partial charge in [-0.15, -0.1) is 0 Å². The quantitative estimate of drug-likeness (QED) is 0.859. The van der Waals surface area contributed by atoms with Crippen LogP contribution in [0.1, 0.15) is 34.1 Å². The maximum absolute atomic E-state index is 12.1. The lowest BCUT2D eigenvalue weighted by Gasteiger charge is -2.10. The summed E-state index contributed by atoms with van der Waals surface area (Å²) in [7, 11) is 0. The molecule has 0 saturated carbocycles. The zero-order valence-corrected chi connectivity index (χ0v) is 10.5. The van der Waals surface area contributed by atoms with Gasteiger partial charge >= 0.3 is 0 Å². The highest BCUT2D eigenvalue weighted by atomic mass is 16.3. The van der Waals surface area contributed by atoms with Crippen LogP contribution in [0.2, 0.25) is 0 Å². The Hall–Kier alpha value is -2.07. The predicted molar refractivity (Wildman–Crippen MR) is 71.9 cm³/mol. The minimum absolute atomic E-state index is 0.104. The van der Waals surface area contributed by atoms with Gasteiger partial charge in [0, 0.05) is 24.8 Å². The van der Waals surface area contributed by atoms with Crippen molar-refractivity contribution in [1.82, 2.24) is 9.88 Å². The first-order chi connectivity index (χ1) is 9.25. The fraction of sp³-hybridized carbons (Fsp3) is 0.267. The lowest BCUT2D eigenvalue weighted by Crippen LogP contribution is -2.25. The summed E-state index contributed by atoms with van der Waals surface area (Å²) in [6.07, 6.45) is 1.87. The van der Waals surface area contributed by atoms with Crippen molar-refractivity contribution in [2.24, 2.45) is 0 Å². The number of carbonyl (C=O) groups excluding carboxylic acids is 1. The molecule has 1 unspecified atom stereocenters. The van der Waals surface area contributed by atoms with E-state index in [1.54, 1.807) is 0 Å². The minimum atomic E-state index is -0.564. The topological polar surface area (TPSA) is 54.3 Å². The molecular formula is C15H16N2O2. The molecule has 2 heterocycles. The second-order valence-corrected chi connectivity index (χ2v) is 4.79. The van der Waals surface area contributed by atoms with Gasteiger partial charge in [0.25, 0.3) is 5.91 Å². The number of aliphatic hydroxyl groups is 1. The van der Waals surface area contributed by atoms with Crippen molar-refractivity contribution in [3.63, 3.8) is 0 Å². The zero-order valence-electron chi connectivity index (χ0n) is 10.5. The average Bonchev–Trinajstić information content (AvgIpc) is 2.77. The van der Waals surface area contributed by atoms with Crippen molar-refractivity contribution in [2.75, 3.05) is 6.54 Å². The molecule has 98 valence electrons. The van der Waals surface area contributed by atoms with E-state index in [-0.39, 0.29) is 5.91 Å². The van der Waals surface area contributed by atoms with E-state index in [0.717, 1.165) is 11.1 Å². The number of amides is 1. The van der Waals surface area contributed by atoms with E-state index in [9.17, 15) is 9.90 Å². The molecule has 0 fully saturated rings. The summed E-state index contributed by atoms with van der Waals surface area (Å²) in [6.45, 7) is 1.15. The summed E-state index contributed by atoms with van der Waals surface area (Å²) in [4.78, 5) is 12.1. The number of hydrogen-bond acceptors (Lipinski definition) is 2. The van der Waals surface area contributed by atoms with Crippen LogP contribution in [0.25, 0.3) is 0 Å². The molecule has 0 aliphatic carbocycles. The van der Waals surface area contributed by atoms with Gasteiger partial charge in [0.05, 0.1) is 6.10 Å². The van der Waals surface area contributed by atoms with Crippen molar-refractivity contribution in [3.05, 3.63) is 59.4 Å². The van der Waals surface area contributed by atoms with Gasteiger partial charge in [0.1, 0.15) is 5.69 Å². The van der Waals surface area contributed by atoms with E-state index in [0.29, 0.717) is 25.2 Å². The maximum atomic E-state index is 12.1. The molecule has 1 aliphatic rings. The Labute approximate surface area is 111 Å². The first-order valence-electron chi connectivity index (χ1n) is 6.45. The third kappa shape index (κ3) is 2.27. The molecule has 3 rings (SSSR count). The number of hydrogen-bond donors (Lipinski definition) is 2. The third-order valence-corrected chi connectivity index (χ3v) is 3.47. The number of benzene rings is 1. The lowest BCUT2D eigenvalue weighted by molar-refractivity contribution is 0.0947. The van der Waals surface area contributed by atoms with Gasteiger partial charge in [-0.25, -0.2) is 0 Å². The Balaban J connectivity index is 1.98. The van der Waals surface area contributed by atoms with Gasteiger partial charge in [-0.2, -0.15) is 0 Å². The number of nitrogens with one attached hydrogen (secondary N) is 1. The molecule has 0 spiro atoms. The van der Waals surface area contributed by atoms with Crippen LogP contribution in [-0.4, -0.2) is 22.1 Å². The highest BCUT2D eigenvalue weighted by Gasteiger charge is 2.25. The van der Waals surface area contributed by atoms with Gasteiger partial charge in [-0.05, 0) is 18.1 Å². The Morgan fingerprint density at radius 2 is 2.05 bits per heavy atom. The molecule has 2 aromatic rings. The SMILES string of the molecule is O=C1NCCC(O)c2ccn(Cc3ccccc3)c21. The number of nitrogens with zero attached hydrogens (tertiary/aromatic N) is 1. The second-order valence-electron chi connectivity index (χ2n) is 4.79. The Morgan fingerprint density at radius 3 is 2.84 bits per heavy atom. The fourth-order valence-electron chi connectivity index (χ4n) is 2.49. The smallest absolute Gasteiger partial charge is 0.268 e. The molecule has 19 heavy (non-hydrogen) atoms. The van der Waals surface area contributed by atoms with Crippen LogP contribution in [0.3, 0.4) is 0 Å². The van der Waals surface area contributed by atoms with E-state index >= 15 is 0 Å². The number of carbonyl (C=O) groups is 1. The monoisotopic (exact) mass is 256 g/mol. The molecule has 1 atom stereocenters. The van der Waals surface area contributed by atoms with Crippen molar-refractivity contribution in [1.29, 1.82) is 0 Å². The van der Waals surface area contributed by atoms with Crippen molar-refractivity contribution < 1.29 is 9.90 Å². The third-order valence-electron chi connectivity index (χ3n) is 3.47. The lowest BCUT2D eigenvalue weighted by atomic mass is 10.1. The molecular weight excluding hydrogens is 240 g/mol. The Morgan fingerprint density at radius 1 is 1.26 bits per heavy atom. The average molecular weight is 256 g/mol. The number of fused-ring (bicyclic) bond motifs is 1. The summed E-state index contributed by atoms with van der Waals surface area (Å²) in [5.74, 6) is -0.104. The molecule has 0 radical (unpaired) electrons. The van der Waals surface area contributed by atoms with Gasteiger partial charge < -0.3 is 15.0 Å². The second kappa shape index (κ2) is 4.90. The van der Waals surface area contributed by atoms with Crippen LogP contribution < -0.4 is 5.32 Å². The Bertz CT molecular complexity index is 589. The first kappa shape index (κ1) is 12.0. The molecule has 1 aromatic carbocycles. The van der Waals surface area contributed by atoms with Crippen LogP contribution in [0.15, 0.2) is 42.6 Å². The van der Waals surface area contributed by atoms with Gasteiger partial charge in [0.15, 0.2) is 0 Å². The summed E-state index contributed by atoms with van der Waals surface area (Å²) >= 11 is 0. The van der Waals surface area contributed by atoms with Crippen molar-refractivity contribution in [3.8, 4) is 0 Å². The summed E-state index contributed by atoms with van der Waals surface area (Å²) < 4.78 is 1.90. The van der Waals surface area contributed by atoms with E-state index < -0.39 is 6.10 Å². The molecule has 2 N–H and O–H groups in total. The van der Waals surface area contributed by atoms with Gasteiger partial charge in [0.2, 0.25) is 0 Å². The van der Waals surface area contributed by atoms with Crippen LogP contribution >= 0.6 is 0 Å². The standard InChI is InChI=1S/C15H16N2O2/c18-13-6-8-16-15(19)14-12(13)7-9-17(14)10-11-4-2-1-3-5-11/h1-5,7,9,13,18H,6,8,10H2,(H,16,19). The van der Waals surface area contributed by atoms with Crippen LogP contribution in [-0.2, 0) is 6.54 Å². The maximum Gasteiger partial charge on any atom is 0.268 e. The minimum Gasteiger partial charge on any atom is -0.388 e. The number of aliphatic hydroxyl groups excluding tert-OH is 1. The molecule has 0 saturated heterocycles. The molecule has 4 heteroatoms. The van der Waals surface area contributed by atoms with Gasteiger partial charge in [-0.1, -0.05) is 30.3 Å². The normalized spacial score (nSPS) is 18.6. The molecule has 1 amide bonds. The molecule has 4 nitrogen and oxygen atoms in total. The van der Waals surface area contributed by atoms with E-state index in [1.165, 1.54) is 0 Å². The number of aromatic nitrogens is 1. The molecule has 1 aliphatic heterocycles. The molecule has 0 bridgehead atoms. The largest absolute Gasteiger partial charge is 0.388 e.